The molecule has 0 radical (unpaired) electrons. The van der Waals surface area contributed by atoms with Gasteiger partial charge in [0.05, 0.1) is 10.6 Å². The molecule has 1 amide bonds. The van der Waals surface area contributed by atoms with Gasteiger partial charge in [-0.2, -0.15) is 0 Å². The summed E-state index contributed by atoms with van der Waals surface area (Å²) in [5.74, 6) is -0.540. The maximum atomic E-state index is 13.0. The zero-order valence-corrected chi connectivity index (χ0v) is 12.2. The third-order valence-corrected chi connectivity index (χ3v) is 3.39. The average Bonchev–Trinajstić information content (AvgIpc) is 2.41. The van der Waals surface area contributed by atoms with E-state index in [1.807, 2.05) is 6.07 Å². The number of nitrogens with one attached hydrogen (secondary N) is 1. The Morgan fingerprint density at radius 2 is 2.05 bits per heavy atom. The first-order valence-electron chi connectivity index (χ1n) is 6.07. The second-order valence-electron chi connectivity index (χ2n) is 4.30. The van der Waals surface area contributed by atoms with Crippen molar-refractivity contribution in [1.82, 2.24) is 5.32 Å². The van der Waals surface area contributed by atoms with Gasteiger partial charge in [0.25, 0.3) is 5.91 Å². The number of carbonyl (C=O) groups is 1. The Hall–Kier alpha value is -1.52. The Balaban J connectivity index is 1.94. The molecule has 1 N–H and O–H groups in total. The van der Waals surface area contributed by atoms with Crippen LogP contribution in [0.15, 0.2) is 47.4 Å². The lowest BCUT2D eigenvalue weighted by Crippen LogP contribution is -2.26. The van der Waals surface area contributed by atoms with Gasteiger partial charge in [0.1, 0.15) is 5.82 Å². The number of amides is 1. The van der Waals surface area contributed by atoms with E-state index in [2.05, 4.69) is 17.9 Å². The lowest BCUT2D eigenvalue weighted by molar-refractivity contribution is 0.0954. The van der Waals surface area contributed by atoms with Crippen LogP contribution in [0.2, 0.25) is 5.02 Å². The molecular weight excluding hydrogens is 297 g/mol. The molecule has 0 saturated carbocycles. The van der Waals surface area contributed by atoms with Gasteiger partial charge in [-0.15, -0.1) is 12.6 Å². The highest BCUT2D eigenvalue weighted by atomic mass is 35.5. The molecule has 2 rings (SSSR count). The Kier molecular flexibility index (Phi) is 5.04. The molecule has 0 aromatic heterocycles. The van der Waals surface area contributed by atoms with E-state index in [4.69, 9.17) is 11.6 Å². The molecule has 2 aromatic carbocycles. The van der Waals surface area contributed by atoms with Crippen LogP contribution in [-0.2, 0) is 6.42 Å². The summed E-state index contributed by atoms with van der Waals surface area (Å²) in [6.45, 7) is 0.412. The minimum absolute atomic E-state index is 0.262. The van der Waals surface area contributed by atoms with Gasteiger partial charge in [-0.1, -0.05) is 23.7 Å². The average molecular weight is 310 g/mol. The summed E-state index contributed by atoms with van der Waals surface area (Å²) in [6, 6.07) is 11.3. The van der Waals surface area contributed by atoms with Crippen LogP contribution in [0.5, 0.6) is 0 Å². The molecule has 104 valence electrons. The van der Waals surface area contributed by atoms with Gasteiger partial charge < -0.3 is 5.32 Å². The fraction of sp³-hybridized carbons (Fsp3) is 0.133. The number of hydrogen-bond donors (Lipinski definition) is 2. The minimum atomic E-state index is -0.278. The van der Waals surface area contributed by atoms with Crippen LogP contribution in [0.3, 0.4) is 0 Å². The zero-order valence-electron chi connectivity index (χ0n) is 10.6. The SMILES string of the molecule is O=C(NCCc1cccc(F)c1)c1cc(S)ccc1Cl. The molecule has 0 fully saturated rings. The van der Waals surface area contributed by atoms with Crippen LogP contribution in [-0.4, -0.2) is 12.5 Å². The molecule has 0 atom stereocenters. The van der Waals surface area contributed by atoms with E-state index < -0.39 is 0 Å². The highest BCUT2D eigenvalue weighted by molar-refractivity contribution is 7.80. The summed E-state index contributed by atoms with van der Waals surface area (Å²) in [7, 11) is 0. The van der Waals surface area contributed by atoms with Crippen molar-refractivity contribution in [3.05, 3.63) is 64.4 Å². The first-order valence-corrected chi connectivity index (χ1v) is 6.90. The molecule has 0 aliphatic rings. The van der Waals surface area contributed by atoms with Crippen molar-refractivity contribution in [2.45, 2.75) is 11.3 Å². The van der Waals surface area contributed by atoms with Gasteiger partial charge in [0.15, 0.2) is 0 Å². The molecule has 0 unspecified atom stereocenters. The Morgan fingerprint density at radius 1 is 1.25 bits per heavy atom. The van der Waals surface area contributed by atoms with E-state index in [1.54, 1.807) is 24.3 Å². The lowest BCUT2D eigenvalue weighted by atomic mass is 10.1. The number of benzene rings is 2. The van der Waals surface area contributed by atoms with E-state index in [9.17, 15) is 9.18 Å². The monoisotopic (exact) mass is 309 g/mol. The number of halogens is 2. The highest BCUT2D eigenvalue weighted by Gasteiger charge is 2.10. The molecular formula is C15H13ClFNOS. The molecule has 0 heterocycles. The van der Waals surface area contributed by atoms with Gasteiger partial charge in [0, 0.05) is 11.4 Å². The van der Waals surface area contributed by atoms with Gasteiger partial charge in [-0.3, -0.25) is 4.79 Å². The number of hydrogen-bond acceptors (Lipinski definition) is 2. The standard InChI is InChI=1S/C15H13ClFNOS/c16-14-5-4-12(20)9-13(14)15(19)18-7-6-10-2-1-3-11(17)8-10/h1-5,8-9,20H,6-7H2,(H,18,19). The maximum Gasteiger partial charge on any atom is 0.252 e. The van der Waals surface area contributed by atoms with Gasteiger partial charge in [-0.05, 0) is 42.3 Å². The van der Waals surface area contributed by atoms with Crippen molar-refractivity contribution in [3.63, 3.8) is 0 Å². The quantitative estimate of drug-likeness (QED) is 0.828. The third-order valence-electron chi connectivity index (χ3n) is 2.78. The van der Waals surface area contributed by atoms with Crippen LogP contribution in [0, 0.1) is 5.82 Å². The topological polar surface area (TPSA) is 29.1 Å². The molecule has 0 spiro atoms. The second-order valence-corrected chi connectivity index (χ2v) is 5.22. The van der Waals surface area contributed by atoms with Gasteiger partial charge >= 0.3 is 0 Å². The predicted octanol–water partition coefficient (Wildman–Crippen LogP) is 3.74. The highest BCUT2D eigenvalue weighted by Crippen LogP contribution is 2.19. The van der Waals surface area contributed by atoms with E-state index in [0.717, 1.165) is 5.56 Å². The lowest BCUT2D eigenvalue weighted by Gasteiger charge is -2.07. The van der Waals surface area contributed by atoms with Crippen LogP contribution in [0.1, 0.15) is 15.9 Å². The Labute approximate surface area is 127 Å². The minimum Gasteiger partial charge on any atom is -0.352 e. The van der Waals surface area contributed by atoms with Crippen molar-refractivity contribution in [3.8, 4) is 0 Å². The Morgan fingerprint density at radius 3 is 2.80 bits per heavy atom. The van der Waals surface area contributed by atoms with Crippen molar-refractivity contribution in [1.29, 1.82) is 0 Å². The van der Waals surface area contributed by atoms with Crippen molar-refractivity contribution in [2.24, 2.45) is 0 Å². The normalized spacial score (nSPS) is 10.3. The summed E-state index contributed by atoms with van der Waals surface area (Å²) in [6.07, 6.45) is 0.557. The van der Waals surface area contributed by atoms with E-state index in [1.165, 1.54) is 12.1 Å². The van der Waals surface area contributed by atoms with E-state index >= 15 is 0 Å². The summed E-state index contributed by atoms with van der Waals surface area (Å²) < 4.78 is 13.0. The van der Waals surface area contributed by atoms with Gasteiger partial charge in [-0.25, -0.2) is 4.39 Å². The molecule has 5 heteroatoms. The predicted molar refractivity (Wildman–Crippen MR) is 81.1 cm³/mol. The summed E-state index contributed by atoms with van der Waals surface area (Å²) >= 11 is 10.1. The maximum absolute atomic E-state index is 13.0. The van der Waals surface area contributed by atoms with Crippen LogP contribution < -0.4 is 5.32 Å². The first-order chi connectivity index (χ1) is 9.56. The smallest absolute Gasteiger partial charge is 0.252 e. The molecule has 0 bridgehead atoms. The van der Waals surface area contributed by atoms with Crippen LogP contribution >= 0.6 is 24.2 Å². The third kappa shape index (κ3) is 3.99. The first kappa shape index (κ1) is 14.9. The molecule has 0 aliphatic heterocycles. The van der Waals surface area contributed by atoms with Crippen molar-refractivity contribution < 1.29 is 9.18 Å². The Bertz CT molecular complexity index is 633. The summed E-state index contributed by atoms with van der Waals surface area (Å²) in [4.78, 5) is 12.6. The van der Waals surface area contributed by atoms with Crippen molar-refractivity contribution >= 4 is 30.1 Å². The molecule has 20 heavy (non-hydrogen) atoms. The summed E-state index contributed by atoms with van der Waals surface area (Å²) in [5, 5.41) is 3.14. The van der Waals surface area contributed by atoms with E-state index in [-0.39, 0.29) is 11.7 Å². The number of thiol groups is 1. The molecule has 2 aromatic rings. The van der Waals surface area contributed by atoms with Gasteiger partial charge in [0.2, 0.25) is 0 Å². The van der Waals surface area contributed by atoms with E-state index in [0.29, 0.717) is 28.4 Å². The van der Waals surface area contributed by atoms with Crippen molar-refractivity contribution in [2.75, 3.05) is 6.54 Å². The number of carbonyl (C=O) groups excluding carboxylic acids is 1. The molecule has 0 saturated heterocycles. The fourth-order valence-corrected chi connectivity index (χ4v) is 2.20. The zero-order chi connectivity index (χ0) is 14.5. The molecule has 0 aliphatic carbocycles. The second kappa shape index (κ2) is 6.77. The molecule has 2 nitrogen and oxygen atoms in total. The van der Waals surface area contributed by atoms with Crippen LogP contribution in [0.25, 0.3) is 0 Å². The largest absolute Gasteiger partial charge is 0.352 e. The van der Waals surface area contributed by atoms with Crippen LogP contribution in [0.4, 0.5) is 4.39 Å². The number of rotatable bonds is 4. The fourth-order valence-electron chi connectivity index (χ4n) is 1.80. The summed E-state index contributed by atoms with van der Waals surface area (Å²) in [5.41, 5.74) is 1.22.